The standard InChI is InChI=1S/C26H31ClFN5O5/c1-26(2,3)38-25(36)30-17-7-6-10-32(13-17)22-19(24(35)37-5)20-21(23(34)31(4)14-29-20)33(22)12-15-11-16(28)8-9-18(15)27/h8-9,11,14,17H,6-7,10,12-13H2,1-5H3,(H,30,36)/t17-/m1/s1. The van der Waals surface area contributed by atoms with Gasteiger partial charge in [0, 0.05) is 31.2 Å². The Bertz CT molecular complexity index is 1440. The van der Waals surface area contributed by atoms with Gasteiger partial charge < -0.3 is 28.8 Å². The Morgan fingerprint density at radius 1 is 1.29 bits per heavy atom. The number of anilines is 1. The molecule has 1 saturated heterocycles. The second-order valence-electron chi connectivity index (χ2n) is 10.3. The molecule has 1 fully saturated rings. The molecule has 3 aromatic rings. The van der Waals surface area contributed by atoms with Gasteiger partial charge in [0.2, 0.25) is 0 Å². The predicted octanol–water partition coefficient (Wildman–Crippen LogP) is 3.86. The lowest BCUT2D eigenvalue weighted by Gasteiger charge is -2.36. The number of halogens is 2. The van der Waals surface area contributed by atoms with E-state index < -0.39 is 23.5 Å². The van der Waals surface area contributed by atoms with Crippen molar-refractivity contribution in [2.45, 2.75) is 51.8 Å². The van der Waals surface area contributed by atoms with Gasteiger partial charge in [0.1, 0.15) is 33.8 Å². The number of carbonyl (C=O) groups is 2. The number of ether oxygens (including phenoxy) is 2. The van der Waals surface area contributed by atoms with Gasteiger partial charge in [-0.25, -0.2) is 19.0 Å². The zero-order valence-electron chi connectivity index (χ0n) is 22.0. The zero-order chi connectivity index (χ0) is 27.8. The van der Waals surface area contributed by atoms with Crippen LogP contribution >= 0.6 is 11.6 Å². The number of hydrogen-bond donors (Lipinski definition) is 1. The van der Waals surface area contributed by atoms with Gasteiger partial charge in [-0.15, -0.1) is 0 Å². The van der Waals surface area contributed by atoms with Gasteiger partial charge in [0.05, 0.1) is 20.0 Å². The summed E-state index contributed by atoms with van der Waals surface area (Å²) in [7, 11) is 2.81. The molecule has 10 nitrogen and oxygen atoms in total. The second kappa shape index (κ2) is 10.6. The van der Waals surface area contributed by atoms with E-state index in [9.17, 15) is 18.8 Å². The number of nitrogens with one attached hydrogen (secondary N) is 1. The molecule has 0 aliphatic carbocycles. The number of alkyl carbamates (subject to hydrolysis) is 1. The summed E-state index contributed by atoms with van der Waals surface area (Å²) < 4.78 is 27.6. The molecule has 3 heterocycles. The summed E-state index contributed by atoms with van der Waals surface area (Å²) in [6, 6.07) is 3.69. The molecule has 1 aliphatic rings. The van der Waals surface area contributed by atoms with Crippen molar-refractivity contribution in [3.8, 4) is 0 Å². The third-order valence-corrected chi connectivity index (χ3v) is 6.63. The van der Waals surface area contributed by atoms with Crippen molar-refractivity contribution in [1.82, 2.24) is 19.4 Å². The lowest BCUT2D eigenvalue weighted by Crippen LogP contribution is -2.49. The smallest absolute Gasteiger partial charge is 0.407 e. The molecule has 1 atom stereocenters. The monoisotopic (exact) mass is 547 g/mol. The van der Waals surface area contributed by atoms with Gasteiger partial charge in [-0.1, -0.05) is 11.6 Å². The summed E-state index contributed by atoms with van der Waals surface area (Å²) in [5, 5.41) is 3.21. The Labute approximate surface area is 224 Å². The molecule has 2 aromatic heterocycles. The van der Waals surface area contributed by atoms with Crippen LogP contribution in [0, 0.1) is 5.82 Å². The molecule has 1 amide bonds. The van der Waals surface area contributed by atoms with Crippen LogP contribution in [0.25, 0.3) is 11.0 Å². The first kappa shape index (κ1) is 27.4. The minimum atomic E-state index is -0.669. The Balaban J connectivity index is 1.86. The number of fused-ring (bicyclic) bond motifs is 1. The van der Waals surface area contributed by atoms with E-state index in [0.717, 1.165) is 0 Å². The quantitative estimate of drug-likeness (QED) is 0.483. The van der Waals surface area contributed by atoms with E-state index in [4.69, 9.17) is 21.1 Å². The Hall–Kier alpha value is -3.60. The van der Waals surface area contributed by atoms with Crippen molar-refractivity contribution >= 4 is 40.5 Å². The predicted molar refractivity (Wildman–Crippen MR) is 141 cm³/mol. The summed E-state index contributed by atoms with van der Waals surface area (Å²) in [5.74, 6) is -0.767. The topological polar surface area (TPSA) is 108 Å². The van der Waals surface area contributed by atoms with E-state index in [2.05, 4.69) is 10.3 Å². The average molecular weight is 548 g/mol. The van der Waals surface area contributed by atoms with Crippen molar-refractivity contribution in [3.63, 3.8) is 0 Å². The maximum Gasteiger partial charge on any atom is 0.407 e. The van der Waals surface area contributed by atoms with E-state index in [0.29, 0.717) is 42.3 Å². The maximum absolute atomic E-state index is 14.2. The Morgan fingerprint density at radius 3 is 2.71 bits per heavy atom. The van der Waals surface area contributed by atoms with Gasteiger partial charge in [-0.3, -0.25) is 4.79 Å². The number of aryl methyl sites for hydroxylation is 1. The minimum absolute atomic E-state index is 0.00101. The number of aromatic nitrogens is 3. The lowest BCUT2D eigenvalue weighted by molar-refractivity contribution is 0.0498. The number of carbonyl (C=O) groups excluding carboxylic acids is 2. The Kier molecular flexibility index (Phi) is 7.68. The molecule has 0 radical (unpaired) electrons. The summed E-state index contributed by atoms with van der Waals surface area (Å²) in [4.78, 5) is 45.2. The van der Waals surface area contributed by atoms with Crippen molar-refractivity contribution in [1.29, 1.82) is 0 Å². The number of amides is 1. The van der Waals surface area contributed by atoms with Gasteiger partial charge in [-0.05, 0) is 57.4 Å². The molecule has 0 saturated carbocycles. The fourth-order valence-electron chi connectivity index (χ4n) is 4.67. The van der Waals surface area contributed by atoms with E-state index in [1.54, 1.807) is 32.4 Å². The van der Waals surface area contributed by atoms with Crippen LogP contribution in [-0.2, 0) is 23.1 Å². The fourth-order valence-corrected chi connectivity index (χ4v) is 4.85. The van der Waals surface area contributed by atoms with Crippen molar-refractivity contribution in [2.75, 3.05) is 25.1 Å². The highest BCUT2D eigenvalue weighted by atomic mass is 35.5. The zero-order valence-corrected chi connectivity index (χ0v) is 22.8. The molecule has 4 rings (SSSR count). The van der Waals surface area contributed by atoms with Crippen LogP contribution in [0.4, 0.5) is 15.0 Å². The average Bonchev–Trinajstić information content (AvgIpc) is 3.16. The van der Waals surface area contributed by atoms with Gasteiger partial charge >= 0.3 is 12.1 Å². The SMILES string of the molecule is COC(=O)c1c(N2CCC[C@@H](NC(=O)OC(C)(C)C)C2)n(Cc2cc(F)ccc2Cl)c2c(=O)n(C)cnc12. The minimum Gasteiger partial charge on any atom is -0.465 e. The molecule has 1 aromatic carbocycles. The van der Waals surface area contributed by atoms with E-state index in [-0.39, 0.29) is 34.7 Å². The van der Waals surface area contributed by atoms with Crippen LogP contribution in [0.15, 0.2) is 29.3 Å². The summed E-state index contributed by atoms with van der Waals surface area (Å²) in [5.41, 5.74) is -0.172. The number of hydrogen-bond acceptors (Lipinski definition) is 7. The molecule has 12 heteroatoms. The number of esters is 1. The largest absolute Gasteiger partial charge is 0.465 e. The van der Waals surface area contributed by atoms with Crippen LogP contribution in [-0.4, -0.2) is 58.0 Å². The van der Waals surface area contributed by atoms with Crippen molar-refractivity contribution in [3.05, 3.63) is 56.8 Å². The van der Waals surface area contributed by atoms with Crippen LogP contribution in [0.1, 0.15) is 49.5 Å². The number of piperidine rings is 1. The third-order valence-electron chi connectivity index (χ3n) is 6.26. The van der Waals surface area contributed by atoms with E-state index in [1.165, 1.54) is 36.2 Å². The molecule has 0 spiro atoms. The second-order valence-corrected chi connectivity index (χ2v) is 10.7. The van der Waals surface area contributed by atoms with Crippen molar-refractivity contribution < 1.29 is 23.5 Å². The van der Waals surface area contributed by atoms with Crippen molar-refractivity contribution in [2.24, 2.45) is 7.05 Å². The molecule has 0 unspecified atom stereocenters. The third kappa shape index (κ3) is 5.62. The molecular weight excluding hydrogens is 517 g/mol. The highest BCUT2D eigenvalue weighted by molar-refractivity contribution is 6.31. The van der Waals surface area contributed by atoms with Crippen LogP contribution < -0.4 is 15.8 Å². The highest BCUT2D eigenvalue weighted by Crippen LogP contribution is 2.34. The summed E-state index contributed by atoms with van der Waals surface area (Å²) >= 11 is 6.39. The first-order valence-corrected chi connectivity index (χ1v) is 12.6. The maximum atomic E-state index is 14.2. The molecule has 1 N–H and O–H groups in total. The Morgan fingerprint density at radius 2 is 2.03 bits per heavy atom. The molecule has 38 heavy (non-hydrogen) atoms. The lowest BCUT2D eigenvalue weighted by atomic mass is 10.1. The first-order chi connectivity index (χ1) is 17.9. The summed E-state index contributed by atoms with van der Waals surface area (Å²) in [6.07, 6.45) is 2.18. The van der Waals surface area contributed by atoms with Crippen LogP contribution in [0.2, 0.25) is 5.02 Å². The molecule has 1 aliphatic heterocycles. The number of benzene rings is 1. The van der Waals surface area contributed by atoms with E-state index in [1.807, 2.05) is 4.90 Å². The van der Waals surface area contributed by atoms with Gasteiger partial charge in [0.15, 0.2) is 0 Å². The molecule has 204 valence electrons. The first-order valence-electron chi connectivity index (χ1n) is 12.2. The highest BCUT2D eigenvalue weighted by Gasteiger charge is 2.33. The van der Waals surface area contributed by atoms with Gasteiger partial charge in [-0.2, -0.15) is 0 Å². The van der Waals surface area contributed by atoms with E-state index >= 15 is 0 Å². The fraction of sp³-hybridized carbons (Fsp3) is 0.462. The molecular formula is C26H31ClFN5O5. The normalized spacial score (nSPS) is 16.0. The van der Waals surface area contributed by atoms with Crippen LogP contribution in [0.3, 0.4) is 0 Å². The number of methoxy groups -OCH3 is 1. The number of nitrogens with zero attached hydrogens (tertiary/aromatic N) is 4. The number of rotatable bonds is 5. The molecule has 0 bridgehead atoms. The van der Waals surface area contributed by atoms with Crippen LogP contribution in [0.5, 0.6) is 0 Å². The summed E-state index contributed by atoms with van der Waals surface area (Å²) in [6.45, 7) is 6.21. The van der Waals surface area contributed by atoms with Gasteiger partial charge in [0.25, 0.3) is 5.56 Å².